The Bertz CT molecular complexity index is 1610. The van der Waals surface area contributed by atoms with E-state index in [0.717, 1.165) is 5.56 Å². The summed E-state index contributed by atoms with van der Waals surface area (Å²) >= 11 is 0. The molecule has 0 aliphatic heterocycles. The number of aromatic nitrogens is 5. The third kappa shape index (κ3) is 5.06. The molecule has 10 nitrogen and oxygen atoms in total. The highest BCUT2D eigenvalue weighted by Gasteiger charge is 2.21. The van der Waals surface area contributed by atoms with Crippen LogP contribution in [0.3, 0.4) is 0 Å². The summed E-state index contributed by atoms with van der Waals surface area (Å²) in [6.07, 6.45) is 6.24. The van der Waals surface area contributed by atoms with Crippen LogP contribution in [0.5, 0.6) is 17.2 Å². The maximum absolute atomic E-state index is 13.1. The smallest absolute Gasteiger partial charge is 0.387 e. The second-order valence-electron chi connectivity index (χ2n) is 7.67. The number of halogens is 2. The minimum absolute atomic E-state index is 0.156. The van der Waals surface area contributed by atoms with Gasteiger partial charge in [-0.25, -0.2) is 9.50 Å². The number of H-pyrrole nitrogens is 1. The van der Waals surface area contributed by atoms with Gasteiger partial charge in [0, 0.05) is 18.6 Å². The van der Waals surface area contributed by atoms with Gasteiger partial charge in [-0.1, -0.05) is 12.1 Å². The van der Waals surface area contributed by atoms with E-state index in [4.69, 9.17) is 14.7 Å². The Kier molecular flexibility index (Phi) is 6.41. The van der Waals surface area contributed by atoms with Crippen molar-refractivity contribution in [1.29, 1.82) is 5.26 Å². The van der Waals surface area contributed by atoms with Gasteiger partial charge in [0.15, 0.2) is 5.65 Å². The van der Waals surface area contributed by atoms with Crippen molar-refractivity contribution in [2.75, 3.05) is 5.32 Å². The van der Waals surface area contributed by atoms with Crippen molar-refractivity contribution in [1.82, 2.24) is 24.8 Å². The Hall–Kier alpha value is -5.31. The highest BCUT2D eigenvalue weighted by atomic mass is 19.3. The Balaban J connectivity index is 1.45. The van der Waals surface area contributed by atoms with Crippen LogP contribution in [0.4, 0.5) is 14.5 Å². The van der Waals surface area contributed by atoms with Gasteiger partial charge >= 0.3 is 6.61 Å². The zero-order chi connectivity index (χ0) is 25.8. The van der Waals surface area contributed by atoms with Gasteiger partial charge in [-0.15, -0.1) is 0 Å². The van der Waals surface area contributed by atoms with Crippen molar-refractivity contribution in [3.8, 4) is 34.6 Å². The minimum Gasteiger partial charge on any atom is -0.457 e. The number of nitrogens with one attached hydrogen (secondary N) is 2. The van der Waals surface area contributed by atoms with E-state index in [0.29, 0.717) is 17.1 Å². The van der Waals surface area contributed by atoms with Crippen LogP contribution in [0, 0.1) is 11.3 Å². The molecule has 0 unspecified atom stereocenters. The average Bonchev–Trinajstić information content (AvgIpc) is 3.53. The number of benzene rings is 2. The molecule has 1 amide bonds. The molecule has 3 aromatic heterocycles. The summed E-state index contributed by atoms with van der Waals surface area (Å²) in [4.78, 5) is 17.1. The molecule has 184 valence electrons. The highest BCUT2D eigenvalue weighted by molar-refractivity contribution is 6.09. The van der Waals surface area contributed by atoms with Crippen LogP contribution in [0.25, 0.3) is 16.9 Å². The van der Waals surface area contributed by atoms with Crippen molar-refractivity contribution in [2.24, 2.45) is 0 Å². The van der Waals surface area contributed by atoms with Gasteiger partial charge in [0.1, 0.15) is 28.5 Å². The van der Waals surface area contributed by atoms with Gasteiger partial charge in [-0.05, 0) is 42.0 Å². The molecular formula is C25H17F2N7O3. The molecule has 0 radical (unpaired) electrons. The summed E-state index contributed by atoms with van der Waals surface area (Å²) in [5.74, 6) is 0.118. The lowest BCUT2D eigenvalue weighted by molar-refractivity contribution is -0.0494. The monoisotopic (exact) mass is 501 g/mol. The third-order valence-electron chi connectivity index (χ3n) is 5.28. The summed E-state index contributed by atoms with van der Waals surface area (Å²) in [5, 5.41) is 22.4. The molecule has 0 aliphatic rings. The molecule has 0 atom stereocenters. The predicted octanol–water partition coefficient (Wildman–Crippen LogP) is 4.83. The summed E-state index contributed by atoms with van der Waals surface area (Å²) in [5.41, 5.74) is 1.93. The Morgan fingerprint density at radius 1 is 1.19 bits per heavy atom. The van der Waals surface area contributed by atoms with E-state index in [1.807, 2.05) is 0 Å². The van der Waals surface area contributed by atoms with E-state index in [2.05, 4.69) is 31.7 Å². The Morgan fingerprint density at radius 2 is 2.00 bits per heavy atom. The number of hydrogen-bond donors (Lipinski definition) is 2. The first kappa shape index (κ1) is 23.4. The molecule has 12 heteroatoms. The van der Waals surface area contributed by atoms with Gasteiger partial charge in [0.25, 0.3) is 5.91 Å². The van der Waals surface area contributed by atoms with E-state index in [1.165, 1.54) is 41.3 Å². The fraction of sp³-hybridized carbons (Fsp3) is 0.0800. The van der Waals surface area contributed by atoms with Gasteiger partial charge in [-0.3, -0.25) is 9.89 Å². The molecule has 0 spiro atoms. The maximum Gasteiger partial charge on any atom is 0.387 e. The second kappa shape index (κ2) is 10.1. The van der Waals surface area contributed by atoms with Crippen LogP contribution in [0.1, 0.15) is 15.9 Å². The van der Waals surface area contributed by atoms with Crippen molar-refractivity contribution < 1.29 is 23.0 Å². The molecule has 5 rings (SSSR count). The maximum atomic E-state index is 13.1. The average molecular weight is 501 g/mol. The number of nitriles is 1. The molecule has 2 N–H and O–H groups in total. The van der Waals surface area contributed by atoms with Gasteiger partial charge in [0.05, 0.1) is 29.9 Å². The van der Waals surface area contributed by atoms with Crippen LogP contribution in [-0.2, 0) is 6.42 Å². The minimum atomic E-state index is -3.08. The van der Waals surface area contributed by atoms with Crippen molar-refractivity contribution in [2.45, 2.75) is 13.0 Å². The van der Waals surface area contributed by atoms with Gasteiger partial charge in [0.2, 0.25) is 0 Å². The second-order valence-corrected chi connectivity index (χ2v) is 7.67. The summed E-state index contributed by atoms with van der Waals surface area (Å²) in [6, 6.07) is 14.9. The van der Waals surface area contributed by atoms with E-state index in [9.17, 15) is 13.6 Å². The fourth-order valence-electron chi connectivity index (χ4n) is 3.63. The number of hydrogen-bond acceptors (Lipinski definition) is 7. The van der Waals surface area contributed by atoms with E-state index < -0.39 is 12.5 Å². The number of anilines is 1. The number of alkyl halides is 2. The van der Waals surface area contributed by atoms with Crippen molar-refractivity contribution >= 4 is 17.2 Å². The topological polar surface area (TPSA) is 130 Å². The van der Waals surface area contributed by atoms with Crippen molar-refractivity contribution in [3.63, 3.8) is 0 Å². The Morgan fingerprint density at radius 3 is 2.78 bits per heavy atom. The molecule has 37 heavy (non-hydrogen) atoms. The van der Waals surface area contributed by atoms with Crippen LogP contribution in [0.2, 0.25) is 0 Å². The fourth-order valence-corrected chi connectivity index (χ4v) is 3.63. The SMILES string of the molecule is N#CCc1ccc(Oc2ccc(OC(F)F)c(-c3n[nH]cc3NC(=O)c3cnn4cccnc34)c2)cc1. The molecule has 3 heterocycles. The lowest BCUT2D eigenvalue weighted by Crippen LogP contribution is -2.12. The number of ether oxygens (including phenoxy) is 2. The number of rotatable bonds is 8. The molecule has 0 aliphatic carbocycles. The van der Waals surface area contributed by atoms with Crippen LogP contribution in [0.15, 0.2) is 73.3 Å². The number of nitrogens with zero attached hydrogens (tertiary/aromatic N) is 5. The standard InChI is InChI=1S/C25H17F2N7O3/c26-25(27)37-21-7-6-17(36-16-4-2-15(3-5-16)8-9-28)12-18(21)22-20(14-30-33-22)32-24(35)19-13-31-34-11-1-10-29-23(19)34/h1-7,10-14,25H,8H2,(H,30,33)(H,32,35). The van der Waals surface area contributed by atoms with Crippen LogP contribution >= 0.6 is 0 Å². The summed E-state index contributed by atoms with van der Waals surface area (Å²) < 4.78 is 38.3. The predicted molar refractivity (Wildman–Crippen MR) is 127 cm³/mol. The van der Waals surface area contributed by atoms with Gasteiger partial charge < -0.3 is 14.8 Å². The molecule has 0 saturated heterocycles. The Labute approximate surface area is 208 Å². The van der Waals surface area contributed by atoms with Gasteiger partial charge in [-0.2, -0.15) is 24.2 Å². The number of fused-ring (bicyclic) bond motifs is 1. The lowest BCUT2D eigenvalue weighted by atomic mass is 10.1. The number of aromatic amines is 1. The molecule has 0 bridgehead atoms. The quantitative estimate of drug-likeness (QED) is 0.311. The number of amides is 1. The largest absolute Gasteiger partial charge is 0.457 e. The number of carbonyl (C=O) groups excluding carboxylic acids is 1. The molecule has 0 fully saturated rings. The molecule has 0 saturated carbocycles. The summed E-state index contributed by atoms with van der Waals surface area (Å²) in [6.45, 7) is -3.08. The zero-order valence-corrected chi connectivity index (χ0v) is 18.9. The van der Waals surface area contributed by atoms with E-state index in [1.54, 1.807) is 36.5 Å². The van der Waals surface area contributed by atoms with Crippen LogP contribution < -0.4 is 14.8 Å². The van der Waals surface area contributed by atoms with E-state index >= 15 is 0 Å². The first-order chi connectivity index (χ1) is 18.0. The summed E-state index contributed by atoms with van der Waals surface area (Å²) in [7, 11) is 0. The normalized spacial score (nSPS) is 10.9. The first-order valence-corrected chi connectivity index (χ1v) is 10.9. The van der Waals surface area contributed by atoms with E-state index in [-0.39, 0.29) is 34.7 Å². The lowest BCUT2D eigenvalue weighted by Gasteiger charge is -2.13. The molecule has 2 aromatic carbocycles. The molecular weight excluding hydrogens is 484 g/mol. The van der Waals surface area contributed by atoms with Crippen molar-refractivity contribution in [3.05, 3.63) is 84.4 Å². The highest BCUT2D eigenvalue weighted by Crippen LogP contribution is 2.38. The third-order valence-corrected chi connectivity index (χ3v) is 5.28. The zero-order valence-electron chi connectivity index (χ0n) is 18.9. The van der Waals surface area contributed by atoms with Crippen LogP contribution in [-0.4, -0.2) is 37.3 Å². The first-order valence-electron chi connectivity index (χ1n) is 10.9. The number of carbonyl (C=O) groups is 1. The molecule has 5 aromatic rings.